The molecule has 2 aromatic carbocycles. The number of nitrogens with two attached hydrogens (primary N) is 1. The van der Waals surface area contributed by atoms with Gasteiger partial charge >= 0.3 is 0 Å². The highest BCUT2D eigenvalue weighted by Crippen LogP contribution is 2.39. The van der Waals surface area contributed by atoms with E-state index in [2.05, 4.69) is 17.4 Å². The molecule has 0 saturated heterocycles. The number of nitrogens with one attached hydrogen (secondary N) is 1. The van der Waals surface area contributed by atoms with Crippen LogP contribution in [0.5, 0.6) is 0 Å². The predicted molar refractivity (Wildman–Crippen MR) is 75.5 cm³/mol. The number of fused-ring (bicyclic) bond motifs is 1. The summed E-state index contributed by atoms with van der Waals surface area (Å²) in [5, 5.41) is 3.31. The standard InChI is InChI=1S/C16H17FN2/c1-10-5-4-8-13(17)16(10)19-15-9-14(18)11-6-2-3-7-12(11)15/h2-8,14-15,19H,9,18H2,1H3. The van der Waals surface area contributed by atoms with Gasteiger partial charge in [0.15, 0.2) is 0 Å². The van der Waals surface area contributed by atoms with Crippen LogP contribution < -0.4 is 11.1 Å². The maximum atomic E-state index is 13.9. The second-order valence-electron chi connectivity index (χ2n) is 5.10. The van der Waals surface area contributed by atoms with Crippen molar-refractivity contribution in [1.82, 2.24) is 0 Å². The van der Waals surface area contributed by atoms with E-state index in [1.807, 2.05) is 25.1 Å². The first-order valence-electron chi connectivity index (χ1n) is 6.53. The Morgan fingerprint density at radius 2 is 1.84 bits per heavy atom. The highest BCUT2D eigenvalue weighted by Gasteiger charge is 2.28. The van der Waals surface area contributed by atoms with Gasteiger partial charge in [0.05, 0.1) is 11.7 Å². The fourth-order valence-corrected chi connectivity index (χ4v) is 2.80. The molecule has 2 atom stereocenters. The Kier molecular flexibility index (Phi) is 2.99. The molecule has 0 bridgehead atoms. The van der Waals surface area contributed by atoms with Crippen molar-refractivity contribution in [2.45, 2.75) is 25.4 Å². The minimum atomic E-state index is -0.210. The minimum Gasteiger partial charge on any atom is -0.376 e. The summed E-state index contributed by atoms with van der Waals surface area (Å²) in [6.45, 7) is 1.91. The zero-order chi connectivity index (χ0) is 13.4. The number of hydrogen-bond acceptors (Lipinski definition) is 2. The van der Waals surface area contributed by atoms with E-state index in [-0.39, 0.29) is 17.9 Å². The van der Waals surface area contributed by atoms with Crippen LogP contribution in [0.4, 0.5) is 10.1 Å². The smallest absolute Gasteiger partial charge is 0.146 e. The van der Waals surface area contributed by atoms with Crippen LogP contribution in [-0.4, -0.2) is 0 Å². The summed E-state index contributed by atoms with van der Waals surface area (Å²) < 4.78 is 13.9. The molecule has 98 valence electrons. The molecule has 0 heterocycles. The molecule has 0 aromatic heterocycles. The zero-order valence-corrected chi connectivity index (χ0v) is 10.9. The normalized spacial score (nSPS) is 21.2. The van der Waals surface area contributed by atoms with E-state index in [4.69, 9.17) is 5.73 Å². The molecule has 19 heavy (non-hydrogen) atoms. The van der Waals surface area contributed by atoms with E-state index in [1.54, 1.807) is 6.07 Å². The Bertz CT molecular complexity index is 589. The van der Waals surface area contributed by atoms with Crippen LogP contribution in [0.15, 0.2) is 42.5 Å². The fourth-order valence-electron chi connectivity index (χ4n) is 2.80. The first-order chi connectivity index (χ1) is 9.16. The molecule has 3 N–H and O–H groups in total. The van der Waals surface area contributed by atoms with Gasteiger partial charge < -0.3 is 11.1 Å². The maximum absolute atomic E-state index is 13.9. The van der Waals surface area contributed by atoms with Crippen molar-refractivity contribution in [3.05, 3.63) is 65.0 Å². The molecule has 0 radical (unpaired) electrons. The van der Waals surface area contributed by atoms with Crippen LogP contribution in [0.3, 0.4) is 0 Å². The van der Waals surface area contributed by atoms with Crippen LogP contribution in [-0.2, 0) is 0 Å². The van der Waals surface area contributed by atoms with E-state index in [0.717, 1.165) is 17.5 Å². The first kappa shape index (κ1) is 12.2. The molecule has 2 nitrogen and oxygen atoms in total. The fraction of sp³-hybridized carbons (Fsp3) is 0.250. The Hall–Kier alpha value is -1.87. The van der Waals surface area contributed by atoms with E-state index in [1.165, 1.54) is 11.6 Å². The van der Waals surface area contributed by atoms with Gasteiger partial charge in [-0.2, -0.15) is 0 Å². The summed E-state index contributed by atoms with van der Waals surface area (Å²) in [6, 6.07) is 13.3. The van der Waals surface area contributed by atoms with Gasteiger partial charge in [0.25, 0.3) is 0 Å². The molecule has 2 unspecified atom stereocenters. The summed E-state index contributed by atoms with van der Waals surface area (Å²) in [4.78, 5) is 0. The van der Waals surface area contributed by atoms with Gasteiger partial charge in [0, 0.05) is 6.04 Å². The Morgan fingerprint density at radius 1 is 1.11 bits per heavy atom. The predicted octanol–water partition coefficient (Wildman–Crippen LogP) is 3.69. The number of anilines is 1. The van der Waals surface area contributed by atoms with E-state index in [0.29, 0.717) is 5.69 Å². The molecule has 0 saturated carbocycles. The van der Waals surface area contributed by atoms with Crippen molar-refractivity contribution in [3.63, 3.8) is 0 Å². The third kappa shape index (κ3) is 2.10. The van der Waals surface area contributed by atoms with Crippen LogP contribution in [0.25, 0.3) is 0 Å². The average molecular weight is 256 g/mol. The van der Waals surface area contributed by atoms with Crippen LogP contribution in [0.1, 0.15) is 35.2 Å². The largest absolute Gasteiger partial charge is 0.376 e. The van der Waals surface area contributed by atoms with Crippen molar-refractivity contribution in [2.24, 2.45) is 5.73 Å². The third-order valence-corrected chi connectivity index (χ3v) is 3.80. The van der Waals surface area contributed by atoms with Gasteiger partial charge in [-0.25, -0.2) is 4.39 Å². The average Bonchev–Trinajstić information content (AvgIpc) is 2.72. The second kappa shape index (κ2) is 4.67. The number of para-hydroxylation sites is 1. The van der Waals surface area contributed by atoms with Gasteiger partial charge in [-0.15, -0.1) is 0 Å². The monoisotopic (exact) mass is 256 g/mol. The second-order valence-corrected chi connectivity index (χ2v) is 5.10. The Morgan fingerprint density at radius 3 is 2.58 bits per heavy atom. The number of hydrogen-bond donors (Lipinski definition) is 2. The molecule has 1 aliphatic rings. The number of benzene rings is 2. The van der Waals surface area contributed by atoms with Crippen molar-refractivity contribution < 1.29 is 4.39 Å². The quantitative estimate of drug-likeness (QED) is 0.860. The Balaban J connectivity index is 1.94. The highest BCUT2D eigenvalue weighted by molar-refractivity contribution is 5.55. The van der Waals surface area contributed by atoms with Crippen molar-refractivity contribution in [3.8, 4) is 0 Å². The molecule has 0 amide bonds. The molecular formula is C16H17FN2. The van der Waals surface area contributed by atoms with Crippen molar-refractivity contribution in [2.75, 3.05) is 5.32 Å². The van der Waals surface area contributed by atoms with Gasteiger partial charge in [-0.3, -0.25) is 0 Å². The molecular weight excluding hydrogens is 239 g/mol. The number of halogens is 1. The molecule has 0 spiro atoms. The molecule has 0 fully saturated rings. The van der Waals surface area contributed by atoms with Crippen molar-refractivity contribution in [1.29, 1.82) is 0 Å². The first-order valence-corrected chi connectivity index (χ1v) is 6.53. The highest BCUT2D eigenvalue weighted by atomic mass is 19.1. The van der Waals surface area contributed by atoms with Gasteiger partial charge in [0.1, 0.15) is 5.82 Å². The third-order valence-electron chi connectivity index (χ3n) is 3.80. The summed E-state index contributed by atoms with van der Waals surface area (Å²) in [5.41, 5.74) is 9.97. The van der Waals surface area contributed by atoms with Crippen molar-refractivity contribution >= 4 is 5.69 Å². The lowest BCUT2D eigenvalue weighted by molar-refractivity contribution is 0.613. The van der Waals surface area contributed by atoms with E-state index >= 15 is 0 Å². The lowest BCUT2D eigenvalue weighted by Gasteiger charge is -2.18. The van der Waals surface area contributed by atoms with Gasteiger partial charge in [0.2, 0.25) is 0 Å². The molecule has 2 aromatic rings. The van der Waals surface area contributed by atoms with Gasteiger partial charge in [-0.1, -0.05) is 36.4 Å². The summed E-state index contributed by atoms with van der Waals surface area (Å²) in [7, 11) is 0. The summed E-state index contributed by atoms with van der Waals surface area (Å²) in [5.74, 6) is -0.210. The maximum Gasteiger partial charge on any atom is 0.146 e. The molecule has 0 aliphatic heterocycles. The summed E-state index contributed by atoms with van der Waals surface area (Å²) >= 11 is 0. The van der Waals surface area contributed by atoms with E-state index < -0.39 is 0 Å². The Labute approximate surface area is 112 Å². The molecule has 3 heteroatoms. The molecule has 1 aliphatic carbocycles. The van der Waals surface area contributed by atoms with Crippen LogP contribution >= 0.6 is 0 Å². The van der Waals surface area contributed by atoms with E-state index in [9.17, 15) is 4.39 Å². The van der Waals surface area contributed by atoms with Crippen LogP contribution in [0.2, 0.25) is 0 Å². The minimum absolute atomic E-state index is 0.0285. The number of aryl methyl sites for hydroxylation is 1. The van der Waals surface area contributed by atoms with Gasteiger partial charge in [-0.05, 0) is 36.1 Å². The zero-order valence-electron chi connectivity index (χ0n) is 10.9. The lowest BCUT2D eigenvalue weighted by atomic mass is 10.1. The topological polar surface area (TPSA) is 38.0 Å². The lowest BCUT2D eigenvalue weighted by Crippen LogP contribution is -2.11. The number of rotatable bonds is 2. The summed E-state index contributed by atoms with van der Waals surface area (Å²) in [6.07, 6.45) is 0.799. The SMILES string of the molecule is Cc1cccc(F)c1NC1CC(N)c2ccccc21. The van der Waals surface area contributed by atoms with Crippen LogP contribution in [0, 0.1) is 12.7 Å². The molecule has 3 rings (SSSR count).